The number of nitrogens with zero attached hydrogens (tertiary/aromatic N) is 1. The van der Waals surface area contributed by atoms with Gasteiger partial charge in [0.05, 0.1) is 0 Å². The van der Waals surface area contributed by atoms with E-state index < -0.39 is 0 Å². The van der Waals surface area contributed by atoms with E-state index in [0.717, 1.165) is 21.1 Å². The van der Waals surface area contributed by atoms with Crippen LogP contribution in [0, 0.1) is 5.92 Å². The minimum absolute atomic E-state index is 0.497. The number of anilines is 1. The highest BCUT2D eigenvalue weighted by molar-refractivity contribution is 9.10. The lowest BCUT2D eigenvalue weighted by molar-refractivity contribution is 0.183. The summed E-state index contributed by atoms with van der Waals surface area (Å²) in [5.41, 5.74) is 1.13. The Bertz CT molecular complexity index is 417. The topological polar surface area (TPSA) is 15.3 Å². The second-order valence-electron chi connectivity index (χ2n) is 5.33. The summed E-state index contributed by atoms with van der Waals surface area (Å²) < 4.78 is 1.04. The molecule has 0 aromatic heterocycles. The fourth-order valence-electron chi connectivity index (χ4n) is 2.74. The molecule has 1 aromatic carbocycles. The van der Waals surface area contributed by atoms with Crippen LogP contribution in [0.25, 0.3) is 0 Å². The first-order valence-electron chi connectivity index (χ1n) is 7.04. The smallest absolute Gasteiger partial charge is 0.0487 e. The van der Waals surface area contributed by atoms with E-state index in [0.29, 0.717) is 6.04 Å². The van der Waals surface area contributed by atoms with Gasteiger partial charge in [0.2, 0.25) is 0 Å². The first-order chi connectivity index (χ1) is 9.10. The van der Waals surface area contributed by atoms with Crippen LogP contribution in [0.5, 0.6) is 0 Å². The molecule has 0 radical (unpaired) electrons. The van der Waals surface area contributed by atoms with Crippen LogP contribution in [0.4, 0.5) is 5.69 Å². The van der Waals surface area contributed by atoms with E-state index in [1.807, 2.05) is 18.2 Å². The molecule has 106 valence electrons. The number of piperidine rings is 1. The molecule has 1 aliphatic rings. The van der Waals surface area contributed by atoms with E-state index in [-0.39, 0.29) is 0 Å². The van der Waals surface area contributed by atoms with E-state index in [4.69, 9.17) is 11.6 Å². The van der Waals surface area contributed by atoms with Crippen molar-refractivity contribution in [2.24, 2.45) is 5.92 Å². The molecule has 19 heavy (non-hydrogen) atoms. The second kappa shape index (κ2) is 6.96. The van der Waals surface area contributed by atoms with Gasteiger partial charge in [0, 0.05) is 21.2 Å². The molecule has 0 saturated carbocycles. The molecule has 0 spiro atoms. The van der Waals surface area contributed by atoms with Gasteiger partial charge >= 0.3 is 0 Å². The van der Waals surface area contributed by atoms with Crippen molar-refractivity contribution >= 4 is 33.2 Å². The summed E-state index contributed by atoms with van der Waals surface area (Å²) in [5.74, 6) is 0.755. The summed E-state index contributed by atoms with van der Waals surface area (Å²) in [5, 5.41) is 4.38. The maximum Gasteiger partial charge on any atom is 0.0487 e. The Morgan fingerprint density at radius 1 is 1.42 bits per heavy atom. The number of nitrogens with one attached hydrogen (secondary N) is 1. The van der Waals surface area contributed by atoms with Gasteiger partial charge in [-0.3, -0.25) is 0 Å². The van der Waals surface area contributed by atoms with E-state index in [2.05, 4.69) is 40.0 Å². The van der Waals surface area contributed by atoms with Crippen molar-refractivity contribution in [3.63, 3.8) is 0 Å². The molecule has 1 atom stereocenters. The molecular formula is C15H22BrClN2. The third kappa shape index (κ3) is 4.11. The number of likely N-dealkylation sites (tertiary alicyclic amines) is 1. The van der Waals surface area contributed by atoms with Crippen LogP contribution in [0.2, 0.25) is 5.02 Å². The van der Waals surface area contributed by atoms with Crippen LogP contribution in [-0.4, -0.2) is 30.6 Å². The Morgan fingerprint density at radius 2 is 2.11 bits per heavy atom. The van der Waals surface area contributed by atoms with E-state index in [1.54, 1.807) is 0 Å². The average molecular weight is 346 g/mol. The van der Waals surface area contributed by atoms with Crippen LogP contribution in [0.3, 0.4) is 0 Å². The van der Waals surface area contributed by atoms with Gasteiger partial charge < -0.3 is 10.2 Å². The van der Waals surface area contributed by atoms with Gasteiger partial charge in [0.1, 0.15) is 0 Å². The van der Waals surface area contributed by atoms with Crippen molar-refractivity contribution in [2.45, 2.75) is 32.7 Å². The number of benzene rings is 1. The number of rotatable bonds is 4. The molecule has 0 aliphatic carbocycles. The maximum atomic E-state index is 5.97. The SMILES string of the molecule is CCN1CCC(C(C)Nc2ccc(Cl)cc2Br)CC1. The Kier molecular flexibility index (Phi) is 5.55. The largest absolute Gasteiger partial charge is 0.381 e. The van der Waals surface area contributed by atoms with Crippen molar-refractivity contribution in [3.05, 3.63) is 27.7 Å². The fourth-order valence-corrected chi connectivity index (χ4v) is 3.54. The molecule has 2 rings (SSSR count). The van der Waals surface area contributed by atoms with Crippen molar-refractivity contribution in [1.29, 1.82) is 0 Å². The Balaban J connectivity index is 1.92. The molecule has 2 nitrogen and oxygen atoms in total. The molecule has 1 aromatic rings. The molecule has 1 aliphatic heterocycles. The predicted molar refractivity (Wildman–Crippen MR) is 87.1 cm³/mol. The van der Waals surface area contributed by atoms with Crippen molar-refractivity contribution < 1.29 is 0 Å². The van der Waals surface area contributed by atoms with Gasteiger partial charge in [-0.15, -0.1) is 0 Å². The summed E-state index contributed by atoms with van der Waals surface area (Å²) in [6.45, 7) is 8.17. The fraction of sp³-hybridized carbons (Fsp3) is 0.600. The van der Waals surface area contributed by atoms with Gasteiger partial charge in [-0.1, -0.05) is 18.5 Å². The number of hydrogen-bond acceptors (Lipinski definition) is 2. The lowest BCUT2D eigenvalue weighted by Gasteiger charge is -2.35. The molecule has 1 saturated heterocycles. The number of hydrogen-bond donors (Lipinski definition) is 1. The molecule has 1 N–H and O–H groups in total. The van der Waals surface area contributed by atoms with E-state index in [1.165, 1.54) is 32.5 Å². The first kappa shape index (κ1) is 15.1. The zero-order chi connectivity index (χ0) is 13.8. The van der Waals surface area contributed by atoms with Crippen LogP contribution in [0.15, 0.2) is 22.7 Å². The predicted octanol–water partition coefficient (Wildman–Crippen LogP) is 4.63. The second-order valence-corrected chi connectivity index (χ2v) is 6.62. The Morgan fingerprint density at radius 3 is 2.68 bits per heavy atom. The van der Waals surface area contributed by atoms with Crippen molar-refractivity contribution in [3.8, 4) is 0 Å². The van der Waals surface area contributed by atoms with Gasteiger partial charge in [-0.2, -0.15) is 0 Å². The highest BCUT2D eigenvalue weighted by Gasteiger charge is 2.23. The lowest BCUT2D eigenvalue weighted by Crippen LogP contribution is -2.39. The van der Waals surface area contributed by atoms with E-state index in [9.17, 15) is 0 Å². The molecule has 0 bridgehead atoms. The molecule has 1 heterocycles. The Labute approximate surface area is 129 Å². The molecule has 4 heteroatoms. The maximum absolute atomic E-state index is 5.97. The normalized spacial score (nSPS) is 19.4. The van der Waals surface area contributed by atoms with Crippen molar-refractivity contribution in [2.75, 3.05) is 25.0 Å². The Hall–Kier alpha value is -0.250. The summed E-state index contributed by atoms with van der Waals surface area (Å²) in [7, 11) is 0. The van der Waals surface area contributed by atoms with Gasteiger partial charge in [0.25, 0.3) is 0 Å². The van der Waals surface area contributed by atoms with Crippen LogP contribution in [0.1, 0.15) is 26.7 Å². The summed E-state index contributed by atoms with van der Waals surface area (Å²) in [6.07, 6.45) is 2.57. The third-order valence-electron chi connectivity index (χ3n) is 4.10. The standard InChI is InChI=1S/C15H22BrClN2/c1-3-19-8-6-12(7-9-19)11(2)18-15-5-4-13(17)10-14(15)16/h4-5,10-12,18H,3,6-9H2,1-2H3. The highest BCUT2D eigenvalue weighted by Crippen LogP contribution is 2.29. The summed E-state index contributed by atoms with van der Waals surface area (Å²) >= 11 is 9.54. The summed E-state index contributed by atoms with van der Waals surface area (Å²) in [6, 6.07) is 6.41. The third-order valence-corrected chi connectivity index (χ3v) is 4.99. The zero-order valence-corrected chi connectivity index (χ0v) is 14.0. The van der Waals surface area contributed by atoms with Gasteiger partial charge in [0.15, 0.2) is 0 Å². The molecule has 1 fully saturated rings. The first-order valence-corrected chi connectivity index (χ1v) is 8.21. The quantitative estimate of drug-likeness (QED) is 0.855. The lowest BCUT2D eigenvalue weighted by atomic mass is 9.90. The number of halogens is 2. The monoisotopic (exact) mass is 344 g/mol. The van der Waals surface area contributed by atoms with E-state index >= 15 is 0 Å². The summed E-state index contributed by atoms with van der Waals surface area (Å²) in [4.78, 5) is 2.53. The minimum atomic E-state index is 0.497. The van der Waals surface area contributed by atoms with Crippen molar-refractivity contribution in [1.82, 2.24) is 4.90 Å². The highest BCUT2D eigenvalue weighted by atomic mass is 79.9. The van der Waals surface area contributed by atoms with Crippen LogP contribution in [-0.2, 0) is 0 Å². The molecular weight excluding hydrogens is 324 g/mol. The van der Waals surface area contributed by atoms with Gasteiger partial charge in [-0.25, -0.2) is 0 Å². The average Bonchev–Trinajstić information content (AvgIpc) is 2.42. The van der Waals surface area contributed by atoms with Crippen LogP contribution >= 0.6 is 27.5 Å². The van der Waals surface area contributed by atoms with Crippen LogP contribution < -0.4 is 5.32 Å². The zero-order valence-electron chi connectivity index (χ0n) is 11.6. The minimum Gasteiger partial charge on any atom is -0.381 e. The van der Waals surface area contributed by atoms with Gasteiger partial charge in [-0.05, 0) is 79.4 Å². The molecule has 1 unspecified atom stereocenters. The molecule has 0 amide bonds.